The standard InChI is InChI=1S/C16H19ClN4O/c1-3-4-11-21(2)15-10-9-14(19-20-15)16(22)18-13-7-5-12(17)6-8-13/h5-10H,3-4,11H2,1-2H3,(H,18,22). The topological polar surface area (TPSA) is 58.1 Å². The van der Waals surface area contributed by atoms with E-state index in [-0.39, 0.29) is 11.6 Å². The minimum atomic E-state index is -0.294. The van der Waals surface area contributed by atoms with Gasteiger partial charge in [0.15, 0.2) is 11.5 Å². The predicted molar refractivity (Wildman–Crippen MR) is 89.6 cm³/mol. The van der Waals surface area contributed by atoms with E-state index >= 15 is 0 Å². The van der Waals surface area contributed by atoms with E-state index in [4.69, 9.17) is 11.6 Å². The van der Waals surface area contributed by atoms with Crippen molar-refractivity contribution in [2.45, 2.75) is 19.8 Å². The highest BCUT2D eigenvalue weighted by atomic mass is 35.5. The number of hydrogen-bond acceptors (Lipinski definition) is 4. The van der Waals surface area contributed by atoms with E-state index in [2.05, 4.69) is 22.4 Å². The largest absolute Gasteiger partial charge is 0.358 e. The lowest BCUT2D eigenvalue weighted by molar-refractivity contribution is 0.102. The lowest BCUT2D eigenvalue weighted by Gasteiger charge is -2.16. The average Bonchev–Trinajstić information content (AvgIpc) is 2.55. The van der Waals surface area contributed by atoms with Crippen LogP contribution in [0.1, 0.15) is 30.3 Å². The van der Waals surface area contributed by atoms with Gasteiger partial charge in [0.1, 0.15) is 0 Å². The molecule has 0 fully saturated rings. The van der Waals surface area contributed by atoms with Crippen molar-refractivity contribution in [3.63, 3.8) is 0 Å². The van der Waals surface area contributed by atoms with E-state index in [0.29, 0.717) is 10.7 Å². The maximum atomic E-state index is 12.1. The number of benzene rings is 1. The second-order valence-electron chi connectivity index (χ2n) is 5.01. The zero-order valence-corrected chi connectivity index (χ0v) is 13.5. The molecule has 0 saturated carbocycles. The summed E-state index contributed by atoms with van der Waals surface area (Å²) in [5.41, 5.74) is 0.947. The molecule has 116 valence electrons. The lowest BCUT2D eigenvalue weighted by atomic mass is 10.3. The van der Waals surface area contributed by atoms with Crippen LogP contribution >= 0.6 is 11.6 Å². The number of amides is 1. The highest BCUT2D eigenvalue weighted by Crippen LogP contribution is 2.14. The van der Waals surface area contributed by atoms with Crippen LogP contribution in [0.3, 0.4) is 0 Å². The maximum absolute atomic E-state index is 12.1. The van der Waals surface area contributed by atoms with Crippen LogP contribution in [-0.4, -0.2) is 29.7 Å². The Morgan fingerprint density at radius 2 is 1.91 bits per heavy atom. The summed E-state index contributed by atoms with van der Waals surface area (Å²) in [5.74, 6) is 0.467. The minimum absolute atomic E-state index is 0.280. The molecule has 0 aliphatic heterocycles. The number of rotatable bonds is 6. The van der Waals surface area contributed by atoms with Gasteiger partial charge in [-0.3, -0.25) is 4.79 Å². The molecule has 1 N–H and O–H groups in total. The van der Waals surface area contributed by atoms with Gasteiger partial charge in [0.25, 0.3) is 5.91 Å². The van der Waals surface area contributed by atoms with Crippen molar-refractivity contribution in [1.29, 1.82) is 0 Å². The quantitative estimate of drug-likeness (QED) is 0.883. The summed E-state index contributed by atoms with van der Waals surface area (Å²) in [6, 6.07) is 10.4. The molecule has 2 aromatic rings. The van der Waals surface area contributed by atoms with Crippen molar-refractivity contribution in [1.82, 2.24) is 10.2 Å². The second kappa shape index (κ2) is 7.75. The Kier molecular flexibility index (Phi) is 5.72. The van der Waals surface area contributed by atoms with Crippen LogP contribution in [0.4, 0.5) is 11.5 Å². The molecule has 22 heavy (non-hydrogen) atoms. The van der Waals surface area contributed by atoms with Gasteiger partial charge in [-0.2, -0.15) is 0 Å². The van der Waals surface area contributed by atoms with Crippen molar-refractivity contribution in [3.8, 4) is 0 Å². The van der Waals surface area contributed by atoms with Crippen molar-refractivity contribution < 1.29 is 4.79 Å². The van der Waals surface area contributed by atoms with E-state index in [1.807, 2.05) is 11.9 Å². The number of anilines is 2. The van der Waals surface area contributed by atoms with Crippen LogP contribution in [0.5, 0.6) is 0 Å². The summed E-state index contributed by atoms with van der Waals surface area (Å²) >= 11 is 5.81. The molecular weight excluding hydrogens is 300 g/mol. The Balaban J connectivity index is 2.00. The normalized spacial score (nSPS) is 10.3. The third-order valence-electron chi connectivity index (χ3n) is 3.22. The third-order valence-corrected chi connectivity index (χ3v) is 3.48. The molecule has 1 aromatic carbocycles. The fourth-order valence-corrected chi connectivity index (χ4v) is 2.01. The summed E-state index contributed by atoms with van der Waals surface area (Å²) in [5, 5.41) is 11.5. The summed E-state index contributed by atoms with van der Waals surface area (Å²) in [7, 11) is 1.97. The Morgan fingerprint density at radius 1 is 1.18 bits per heavy atom. The average molecular weight is 319 g/mol. The monoisotopic (exact) mass is 318 g/mol. The Bertz CT molecular complexity index is 613. The maximum Gasteiger partial charge on any atom is 0.276 e. The smallest absolute Gasteiger partial charge is 0.276 e. The van der Waals surface area contributed by atoms with Crippen molar-refractivity contribution >= 4 is 29.0 Å². The molecule has 0 atom stereocenters. The van der Waals surface area contributed by atoms with Gasteiger partial charge in [-0.25, -0.2) is 0 Å². The van der Waals surface area contributed by atoms with E-state index in [9.17, 15) is 4.79 Å². The van der Waals surface area contributed by atoms with Gasteiger partial charge in [0.2, 0.25) is 0 Å². The number of hydrogen-bond donors (Lipinski definition) is 1. The summed E-state index contributed by atoms with van der Waals surface area (Å²) in [4.78, 5) is 14.1. The van der Waals surface area contributed by atoms with E-state index in [1.54, 1.807) is 36.4 Å². The number of nitrogens with one attached hydrogen (secondary N) is 1. The number of halogens is 1. The highest BCUT2D eigenvalue weighted by Gasteiger charge is 2.10. The summed E-state index contributed by atoms with van der Waals surface area (Å²) in [6.07, 6.45) is 2.22. The SMILES string of the molecule is CCCCN(C)c1ccc(C(=O)Nc2ccc(Cl)cc2)nn1. The van der Waals surface area contributed by atoms with Crippen molar-refractivity contribution in [2.75, 3.05) is 23.8 Å². The van der Waals surface area contributed by atoms with E-state index < -0.39 is 0 Å². The Labute approximate surface area is 135 Å². The first-order valence-electron chi connectivity index (χ1n) is 7.22. The second-order valence-corrected chi connectivity index (χ2v) is 5.45. The molecule has 2 rings (SSSR count). The molecule has 0 aliphatic rings. The molecule has 0 saturated heterocycles. The first-order chi connectivity index (χ1) is 10.6. The molecule has 0 bridgehead atoms. The molecule has 1 aromatic heterocycles. The third kappa shape index (κ3) is 4.43. The molecule has 1 amide bonds. The number of nitrogens with zero attached hydrogens (tertiary/aromatic N) is 3. The fourth-order valence-electron chi connectivity index (χ4n) is 1.89. The number of carbonyl (C=O) groups is 1. The zero-order chi connectivity index (χ0) is 15.9. The van der Waals surface area contributed by atoms with Gasteiger partial charge in [0.05, 0.1) is 0 Å². The fraction of sp³-hybridized carbons (Fsp3) is 0.312. The number of aromatic nitrogens is 2. The molecule has 0 unspecified atom stereocenters. The van der Waals surface area contributed by atoms with Gasteiger partial charge in [-0.15, -0.1) is 10.2 Å². The molecule has 1 heterocycles. The van der Waals surface area contributed by atoms with Gasteiger partial charge in [0, 0.05) is 24.3 Å². The molecule has 0 aliphatic carbocycles. The van der Waals surface area contributed by atoms with Crippen LogP contribution < -0.4 is 10.2 Å². The zero-order valence-electron chi connectivity index (χ0n) is 12.7. The first kappa shape index (κ1) is 16.2. The molecular formula is C16H19ClN4O. The summed E-state index contributed by atoms with van der Waals surface area (Å²) in [6.45, 7) is 3.06. The Hall–Kier alpha value is -2.14. The van der Waals surface area contributed by atoms with Crippen molar-refractivity contribution in [2.24, 2.45) is 0 Å². The van der Waals surface area contributed by atoms with E-state index in [1.165, 1.54) is 0 Å². The van der Waals surface area contributed by atoms with Gasteiger partial charge >= 0.3 is 0 Å². The van der Waals surface area contributed by atoms with Crippen LogP contribution in [0.2, 0.25) is 5.02 Å². The van der Waals surface area contributed by atoms with E-state index in [0.717, 1.165) is 25.2 Å². The molecule has 5 nitrogen and oxygen atoms in total. The predicted octanol–water partition coefficient (Wildman–Crippen LogP) is 3.62. The van der Waals surface area contributed by atoms with Crippen LogP contribution in [0.25, 0.3) is 0 Å². The lowest BCUT2D eigenvalue weighted by Crippen LogP contribution is -2.21. The van der Waals surface area contributed by atoms with Crippen molar-refractivity contribution in [3.05, 3.63) is 47.1 Å². The van der Waals surface area contributed by atoms with Gasteiger partial charge < -0.3 is 10.2 Å². The van der Waals surface area contributed by atoms with Crippen LogP contribution in [0.15, 0.2) is 36.4 Å². The minimum Gasteiger partial charge on any atom is -0.358 e. The molecule has 0 spiro atoms. The number of unbranched alkanes of at least 4 members (excludes halogenated alkanes) is 1. The van der Waals surface area contributed by atoms with Crippen LogP contribution in [-0.2, 0) is 0 Å². The Morgan fingerprint density at radius 3 is 2.50 bits per heavy atom. The first-order valence-corrected chi connectivity index (χ1v) is 7.59. The van der Waals surface area contributed by atoms with Gasteiger partial charge in [-0.05, 0) is 42.8 Å². The number of carbonyl (C=O) groups excluding carboxylic acids is 1. The van der Waals surface area contributed by atoms with Gasteiger partial charge in [-0.1, -0.05) is 24.9 Å². The molecule has 0 radical (unpaired) electrons. The molecule has 6 heteroatoms. The highest BCUT2D eigenvalue weighted by molar-refractivity contribution is 6.30. The van der Waals surface area contributed by atoms with Crippen LogP contribution in [0, 0.1) is 0 Å². The summed E-state index contributed by atoms with van der Waals surface area (Å²) < 4.78 is 0.